The third-order valence-electron chi connectivity index (χ3n) is 9.71. The maximum Gasteiger partial charge on any atom is 0.164 e. The summed E-state index contributed by atoms with van der Waals surface area (Å²) >= 11 is 1.85. The average molecular weight is 668 g/mol. The van der Waals surface area contributed by atoms with Crippen molar-refractivity contribution in [2.24, 2.45) is 0 Å². The maximum atomic E-state index is 5.18. The lowest BCUT2D eigenvalue weighted by Crippen LogP contribution is -2.01. The minimum absolute atomic E-state index is 0.647. The van der Waals surface area contributed by atoms with Gasteiger partial charge in [0.1, 0.15) is 0 Å². The smallest absolute Gasteiger partial charge is 0.164 e. The summed E-state index contributed by atoms with van der Waals surface area (Å²) in [4.78, 5) is 15.4. The van der Waals surface area contributed by atoms with E-state index in [-0.39, 0.29) is 0 Å². The van der Waals surface area contributed by atoms with E-state index in [0.29, 0.717) is 17.5 Å². The molecule has 10 aromatic rings. The molecular formula is C47H29N3S. The van der Waals surface area contributed by atoms with Crippen LogP contribution in [0.3, 0.4) is 0 Å². The number of nitrogens with zero attached hydrogens (tertiary/aromatic N) is 3. The molecule has 0 aliphatic rings. The van der Waals surface area contributed by atoms with Gasteiger partial charge in [-0.2, -0.15) is 0 Å². The minimum Gasteiger partial charge on any atom is -0.208 e. The zero-order valence-corrected chi connectivity index (χ0v) is 28.3. The summed E-state index contributed by atoms with van der Waals surface area (Å²) in [6, 6.07) is 62.2. The molecule has 0 unspecified atom stereocenters. The maximum absolute atomic E-state index is 5.18. The first-order valence-corrected chi connectivity index (χ1v) is 17.9. The second-order valence-electron chi connectivity index (χ2n) is 12.8. The number of hydrogen-bond acceptors (Lipinski definition) is 4. The third-order valence-corrected chi connectivity index (χ3v) is 10.9. The lowest BCUT2D eigenvalue weighted by Gasteiger charge is -2.13. The van der Waals surface area contributed by atoms with E-state index >= 15 is 0 Å². The van der Waals surface area contributed by atoms with Crippen LogP contribution in [-0.2, 0) is 0 Å². The van der Waals surface area contributed by atoms with Crippen LogP contribution < -0.4 is 0 Å². The molecule has 51 heavy (non-hydrogen) atoms. The van der Waals surface area contributed by atoms with Crippen molar-refractivity contribution in [3.63, 3.8) is 0 Å². The van der Waals surface area contributed by atoms with E-state index in [1.165, 1.54) is 36.7 Å². The largest absolute Gasteiger partial charge is 0.208 e. The summed E-state index contributed by atoms with van der Waals surface area (Å²) in [7, 11) is 0. The molecule has 10 rings (SSSR count). The van der Waals surface area contributed by atoms with Gasteiger partial charge in [0.2, 0.25) is 0 Å². The summed E-state index contributed by atoms with van der Waals surface area (Å²) in [6.07, 6.45) is 0. The second kappa shape index (κ2) is 12.1. The van der Waals surface area contributed by atoms with Crippen molar-refractivity contribution in [1.29, 1.82) is 0 Å². The molecule has 0 saturated carbocycles. The molecule has 0 aliphatic carbocycles. The topological polar surface area (TPSA) is 38.7 Å². The molecule has 0 N–H and O–H groups in total. The minimum atomic E-state index is 0.647. The molecule has 238 valence electrons. The molecular weight excluding hydrogens is 639 g/mol. The van der Waals surface area contributed by atoms with Crippen molar-refractivity contribution in [3.8, 4) is 56.4 Å². The molecule has 2 heterocycles. The van der Waals surface area contributed by atoms with E-state index in [9.17, 15) is 0 Å². The van der Waals surface area contributed by atoms with Crippen molar-refractivity contribution in [3.05, 3.63) is 176 Å². The van der Waals surface area contributed by atoms with E-state index in [4.69, 9.17) is 15.0 Å². The van der Waals surface area contributed by atoms with Gasteiger partial charge in [0.05, 0.1) is 0 Å². The first-order valence-electron chi connectivity index (χ1n) is 17.1. The molecule has 0 aliphatic heterocycles. The van der Waals surface area contributed by atoms with Crippen molar-refractivity contribution in [2.45, 2.75) is 0 Å². The van der Waals surface area contributed by atoms with Crippen LogP contribution in [0.15, 0.2) is 176 Å². The first-order chi connectivity index (χ1) is 25.2. The molecule has 0 bridgehead atoms. The number of benzene rings is 8. The van der Waals surface area contributed by atoms with Gasteiger partial charge >= 0.3 is 0 Å². The van der Waals surface area contributed by atoms with Gasteiger partial charge in [-0.05, 0) is 68.7 Å². The summed E-state index contributed by atoms with van der Waals surface area (Å²) in [5, 5.41) is 7.21. The lowest BCUT2D eigenvalue weighted by molar-refractivity contribution is 1.08. The quantitative estimate of drug-likeness (QED) is 0.183. The summed E-state index contributed by atoms with van der Waals surface area (Å²) in [5.74, 6) is 1.95. The Kier molecular flexibility index (Phi) is 7.00. The van der Waals surface area contributed by atoms with Gasteiger partial charge in [-0.1, -0.05) is 146 Å². The van der Waals surface area contributed by atoms with Crippen molar-refractivity contribution >= 4 is 53.1 Å². The monoisotopic (exact) mass is 667 g/mol. The molecule has 3 nitrogen and oxygen atoms in total. The number of fused-ring (bicyclic) bond motifs is 5. The highest BCUT2D eigenvalue weighted by Crippen LogP contribution is 2.39. The first kappa shape index (κ1) is 29.4. The Hall–Kier alpha value is -6.49. The molecule has 0 fully saturated rings. The third kappa shape index (κ3) is 5.25. The highest BCUT2D eigenvalue weighted by atomic mass is 32.1. The predicted molar refractivity (Wildman–Crippen MR) is 215 cm³/mol. The highest BCUT2D eigenvalue weighted by molar-refractivity contribution is 7.25. The zero-order chi connectivity index (χ0) is 33.7. The molecule has 0 radical (unpaired) electrons. The zero-order valence-electron chi connectivity index (χ0n) is 27.5. The van der Waals surface area contributed by atoms with E-state index in [0.717, 1.165) is 44.0 Å². The number of aromatic nitrogens is 3. The van der Waals surface area contributed by atoms with Crippen LogP contribution in [-0.4, -0.2) is 15.0 Å². The molecule has 2 aromatic heterocycles. The van der Waals surface area contributed by atoms with Crippen LogP contribution in [0.2, 0.25) is 0 Å². The standard InChI is InChI=1S/C47H29N3S/c1-3-11-30(12-4-1)38-18-9-15-31-16-10-19-40(44(31)38)47-49-45(32-13-5-2-6-14-32)48-46(50-47)37-24-23-33-27-34(21-22-35(33)28-37)36-25-26-43-41(29-36)39-17-7-8-20-42(39)51-43/h1-29H. The molecule has 0 amide bonds. The predicted octanol–water partition coefficient (Wildman–Crippen LogP) is 12.9. The fourth-order valence-corrected chi connectivity index (χ4v) is 8.28. The van der Waals surface area contributed by atoms with Crippen molar-refractivity contribution in [1.82, 2.24) is 15.0 Å². The van der Waals surface area contributed by atoms with Gasteiger partial charge < -0.3 is 0 Å². The Morgan fingerprint density at radius 1 is 0.314 bits per heavy atom. The van der Waals surface area contributed by atoms with E-state index < -0.39 is 0 Å². The molecule has 4 heteroatoms. The molecule has 0 spiro atoms. The van der Waals surface area contributed by atoms with Gasteiger partial charge in [0.15, 0.2) is 17.5 Å². The highest BCUT2D eigenvalue weighted by Gasteiger charge is 2.17. The van der Waals surface area contributed by atoms with Crippen LogP contribution >= 0.6 is 11.3 Å². The molecule has 8 aromatic carbocycles. The van der Waals surface area contributed by atoms with E-state index in [1.807, 2.05) is 29.5 Å². The SMILES string of the molecule is c1ccc(-c2nc(-c3ccc4cc(-c5ccc6sc7ccccc7c6c5)ccc4c3)nc(-c3cccc4cccc(-c5ccccc5)c34)n2)cc1. The second-order valence-corrected chi connectivity index (χ2v) is 13.9. The van der Waals surface area contributed by atoms with E-state index in [1.54, 1.807) is 0 Å². The van der Waals surface area contributed by atoms with Gasteiger partial charge in [0.25, 0.3) is 0 Å². The van der Waals surface area contributed by atoms with Gasteiger partial charge in [-0.25, -0.2) is 15.0 Å². The average Bonchev–Trinajstić information content (AvgIpc) is 3.58. The Bertz CT molecular complexity index is 2910. The Balaban J connectivity index is 1.10. The Labute approximate surface area is 299 Å². The van der Waals surface area contributed by atoms with Crippen molar-refractivity contribution in [2.75, 3.05) is 0 Å². The van der Waals surface area contributed by atoms with Crippen LogP contribution in [0, 0.1) is 0 Å². The summed E-state index contributed by atoms with van der Waals surface area (Å²) in [6.45, 7) is 0. The number of hydrogen-bond donors (Lipinski definition) is 0. The fraction of sp³-hybridized carbons (Fsp3) is 0. The van der Waals surface area contributed by atoms with Gasteiger partial charge in [0, 0.05) is 42.2 Å². The molecule has 0 atom stereocenters. The lowest BCUT2D eigenvalue weighted by atomic mass is 9.94. The van der Waals surface area contributed by atoms with E-state index in [2.05, 4.69) is 158 Å². The fourth-order valence-electron chi connectivity index (χ4n) is 7.20. The Morgan fingerprint density at radius 3 is 1.67 bits per heavy atom. The Morgan fingerprint density at radius 2 is 0.882 bits per heavy atom. The van der Waals surface area contributed by atoms with Crippen LogP contribution in [0.5, 0.6) is 0 Å². The van der Waals surface area contributed by atoms with Crippen LogP contribution in [0.25, 0.3) is 98.1 Å². The van der Waals surface area contributed by atoms with Crippen LogP contribution in [0.1, 0.15) is 0 Å². The van der Waals surface area contributed by atoms with Crippen molar-refractivity contribution < 1.29 is 0 Å². The number of thiophene rings is 1. The van der Waals surface area contributed by atoms with Crippen LogP contribution in [0.4, 0.5) is 0 Å². The normalized spacial score (nSPS) is 11.5. The molecule has 0 saturated heterocycles. The number of rotatable bonds is 5. The summed E-state index contributed by atoms with van der Waals surface area (Å²) in [5.41, 5.74) is 7.61. The summed E-state index contributed by atoms with van der Waals surface area (Å²) < 4.78 is 2.64. The van der Waals surface area contributed by atoms with Gasteiger partial charge in [-0.15, -0.1) is 11.3 Å². The van der Waals surface area contributed by atoms with Gasteiger partial charge in [-0.3, -0.25) is 0 Å².